The van der Waals surface area contributed by atoms with Gasteiger partial charge in [-0.15, -0.1) is 0 Å². The minimum Gasteiger partial charge on any atom is -0.324 e. The van der Waals surface area contributed by atoms with E-state index in [4.69, 9.17) is 23.2 Å². The second kappa shape index (κ2) is 5.27. The quantitative estimate of drug-likeness (QED) is 0.830. The van der Waals surface area contributed by atoms with Crippen molar-refractivity contribution < 1.29 is 4.79 Å². The van der Waals surface area contributed by atoms with Crippen LogP contribution in [0.1, 0.15) is 12.0 Å². The maximum absolute atomic E-state index is 12.0. The first-order valence-electron chi connectivity index (χ1n) is 6.05. The van der Waals surface area contributed by atoms with Crippen molar-refractivity contribution in [2.24, 2.45) is 4.99 Å². The Kier molecular flexibility index (Phi) is 3.47. The molecule has 3 rings (SSSR count). The topological polar surface area (TPSA) is 41.5 Å². The number of amides is 1. The highest BCUT2D eigenvalue weighted by Crippen LogP contribution is 2.36. The molecule has 1 amide bonds. The van der Waals surface area contributed by atoms with Crippen molar-refractivity contribution in [2.45, 2.75) is 6.42 Å². The van der Waals surface area contributed by atoms with Crippen LogP contribution in [0.2, 0.25) is 10.0 Å². The number of carbonyl (C=O) groups is 1. The average molecular weight is 305 g/mol. The van der Waals surface area contributed by atoms with Crippen LogP contribution in [0, 0.1) is 0 Å². The molecule has 3 nitrogen and oxygen atoms in total. The van der Waals surface area contributed by atoms with Gasteiger partial charge in [-0.05, 0) is 17.7 Å². The summed E-state index contributed by atoms with van der Waals surface area (Å²) in [6, 6.07) is 12.9. The first-order valence-corrected chi connectivity index (χ1v) is 6.81. The summed E-state index contributed by atoms with van der Waals surface area (Å²) >= 11 is 12.0. The van der Waals surface area contributed by atoms with Crippen molar-refractivity contribution in [3.05, 3.63) is 58.1 Å². The van der Waals surface area contributed by atoms with E-state index in [1.165, 1.54) is 0 Å². The Morgan fingerprint density at radius 1 is 1.05 bits per heavy atom. The van der Waals surface area contributed by atoms with Crippen LogP contribution >= 0.6 is 23.2 Å². The Balaban J connectivity index is 2.14. The highest BCUT2D eigenvalue weighted by molar-refractivity contribution is 6.42. The Morgan fingerprint density at radius 2 is 1.75 bits per heavy atom. The molecule has 0 saturated carbocycles. The van der Waals surface area contributed by atoms with E-state index in [-0.39, 0.29) is 12.3 Å². The van der Waals surface area contributed by atoms with E-state index < -0.39 is 0 Å². The van der Waals surface area contributed by atoms with E-state index in [2.05, 4.69) is 10.3 Å². The molecule has 5 heteroatoms. The minimum atomic E-state index is -0.121. The van der Waals surface area contributed by atoms with E-state index in [9.17, 15) is 4.79 Å². The molecule has 0 saturated heterocycles. The van der Waals surface area contributed by atoms with Crippen LogP contribution in [0.5, 0.6) is 0 Å². The maximum atomic E-state index is 12.0. The zero-order valence-electron chi connectivity index (χ0n) is 10.4. The van der Waals surface area contributed by atoms with Crippen molar-refractivity contribution >= 4 is 46.2 Å². The Hall–Kier alpha value is -1.84. The number of fused-ring (bicyclic) bond motifs is 1. The van der Waals surface area contributed by atoms with E-state index in [1.54, 1.807) is 12.1 Å². The fraction of sp³-hybridized carbons (Fsp3) is 0.0667. The molecule has 2 aromatic carbocycles. The number of nitrogens with zero attached hydrogens (tertiary/aromatic N) is 1. The van der Waals surface area contributed by atoms with Gasteiger partial charge < -0.3 is 5.32 Å². The molecule has 0 fully saturated rings. The number of nitrogens with one attached hydrogen (secondary N) is 1. The SMILES string of the molecule is O=C1CC(c2ccccc2)=Nc2cc(Cl)c(Cl)cc2N1. The zero-order chi connectivity index (χ0) is 14.1. The number of hydrogen-bond acceptors (Lipinski definition) is 2. The van der Waals surface area contributed by atoms with Crippen molar-refractivity contribution in [1.82, 2.24) is 0 Å². The third kappa shape index (κ3) is 2.55. The smallest absolute Gasteiger partial charge is 0.230 e. The Labute approximate surface area is 126 Å². The predicted octanol–water partition coefficient (Wildman–Crippen LogP) is 4.46. The monoisotopic (exact) mass is 304 g/mol. The van der Waals surface area contributed by atoms with Crippen LogP contribution in [0.4, 0.5) is 11.4 Å². The highest BCUT2D eigenvalue weighted by Gasteiger charge is 2.18. The number of aliphatic imine (C=N–C) groups is 1. The van der Waals surface area contributed by atoms with Crippen LogP contribution in [0.25, 0.3) is 0 Å². The van der Waals surface area contributed by atoms with Crippen molar-refractivity contribution in [3.8, 4) is 0 Å². The molecule has 1 N–H and O–H groups in total. The van der Waals surface area contributed by atoms with Gasteiger partial charge in [0, 0.05) is 0 Å². The van der Waals surface area contributed by atoms with E-state index in [1.807, 2.05) is 30.3 Å². The molecule has 0 bridgehead atoms. The van der Waals surface area contributed by atoms with Gasteiger partial charge in [0.2, 0.25) is 5.91 Å². The van der Waals surface area contributed by atoms with Crippen molar-refractivity contribution in [1.29, 1.82) is 0 Å². The molecule has 1 aliphatic heterocycles. The summed E-state index contributed by atoms with van der Waals surface area (Å²) in [5.41, 5.74) is 2.82. The van der Waals surface area contributed by atoms with Gasteiger partial charge in [0.1, 0.15) is 0 Å². The molecule has 0 spiro atoms. The van der Waals surface area contributed by atoms with Gasteiger partial charge in [-0.1, -0.05) is 53.5 Å². The molecule has 0 unspecified atom stereocenters. The van der Waals surface area contributed by atoms with Gasteiger partial charge in [-0.3, -0.25) is 9.79 Å². The van der Waals surface area contributed by atoms with Crippen molar-refractivity contribution in [3.63, 3.8) is 0 Å². The normalized spacial score (nSPS) is 14.1. The summed E-state index contributed by atoms with van der Waals surface area (Å²) in [5.74, 6) is -0.121. The first-order chi connectivity index (χ1) is 9.63. The number of halogens is 2. The zero-order valence-corrected chi connectivity index (χ0v) is 11.9. The second-order valence-electron chi connectivity index (χ2n) is 4.43. The summed E-state index contributed by atoms with van der Waals surface area (Å²) in [4.78, 5) is 16.5. The lowest BCUT2D eigenvalue weighted by Crippen LogP contribution is -2.14. The lowest BCUT2D eigenvalue weighted by atomic mass is 10.1. The Morgan fingerprint density at radius 3 is 2.50 bits per heavy atom. The largest absolute Gasteiger partial charge is 0.324 e. The molecule has 0 atom stereocenters. The summed E-state index contributed by atoms with van der Waals surface area (Å²) < 4.78 is 0. The third-order valence-electron chi connectivity index (χ3n) is 3.00. The fourth-order valence-corrected chi connectivity index (χ4v) is 2.38. The number of rotatable bonds is 1. The van der Waals surface area contributed by atoms with Gasteiger partial charge in [0.05, 0.1) is 33.6 Å². The molecule has 2 aromatic rings. The third-order valence-corrected chi connectivity index (χ3v) is 3.73. The van der Waals surface area contributed by atoms with Gasteiger partial charge >= 0.3 is 0 Å². The van der Waals surface area contributed by atoms with Crippen LogP contribution in [0.3, 0.4) is 0 Å². The standard InChI is InChI=1S/C15H10Cl2N2O/c16-10-6-13-14(7-11(10)17)19-15(20)8-12(18-13)9-4-2-1-3-5-9/h1-7H,8H2,(H,19,20). The summed E-state index contributed by atoms with van der Waals surface area (Å²) in [5, 5.41) is 3.60. The molecule has 1 aliphatic rings. The van der Waals surface area contributed by atoms with Crippen LogP contribution in [0.15, 0.2) is 47.5 Å². The molecule has 100 valence electrons. The van der Waals surface area contributed by atoms with Gasteiger partial charge in [-0.2, -0.15) is 0 Å². The molecule has 0 radical (unpaired) electrons. The van der Waals surface area contributed by atoms with Crippen LogP contribution < -0.4 is 5.32 Å². The van der Waals surface area contributed by atoms with Gasteiger partial charge in [0.25, 0.3) is 0 Å². The average Bonchev–Trinajstić information content (AvgIpc) is 2.59. The highest BCUT2D eigenvalue weighted by atomic mass is 35.5. The van der Waals surface area contributed by atoms with E-state index >= 15 is 0 Å². The number of carbonyl (C=O) groups excluding carboxylic acids is 1. The van der Waals surface area contributed by atoms with Gasteiger partial charge in [-0.25, -0.2) is 0 Å². The maximum Gasteiger partial charge on any atom is 0.230 e. The lowest BCUT2D eigenvalue weighted by molar-refractivity contribution is -0.115. The first kappa shape index (κ1) is 13.2. The molecule has 0 aliphatic carbocycles. The van der Waals surface area contributed by atoms with Gasteiger partial charge in [0.15, 0.2) is 0 Å². The molecular weight excluding hydrogens is 295 g/mol. The second-order valence-corrected chi connectivity index (χ2v) is 5.25. The predicted molar refractivity (Wildman–Crippen MR) is 82.3 cm³/mol. The van der Waals surface area contributed by atoms with E-state index in [0.717, 1.165) is 5.56 Å². The number of anilines is 1. The van der Waals surface area contributed by atoms with Crippen molar-refractivity contribution in [2.75, 3.05) is 5.32 Å². The summed E-state index contributed by atoms with van der Waals surface area (Å²) in [7, 11) is 0. The molecule has 1 heterocycles. The fourth-order valence-electron chi connectivity index (χ4n) is 2.06. The van der Waals surface area contributed by atoms with Crippen LogP contribution in [-0.4, -0.2) is 11.6 Å². The van der Waals surface area contributed by atoms with Crippen LogP contribution in [-0.2, 0) is 4.79 Å². The minimum absolute atomic E-state index is 0.121. The molecular formula is C15H10Cl2N2O. The number of benzene rings is 2. The summed E-state index contributed by atoms with van der Waals surface area (Å²) in [6.07, 6.45) is 0.216. The Bertz CT molecular complexity index is 711. The lowest BCUT2D eigenvalue weighted by Gasteiger charge is -2.06. The summed E-state index contributed by atoms with van der Waals surface area (Å²) in [6.45, 7) is 0. The van der Waals surface area contributed by atoms with E-state index in [0.29, 0.717) is 27.1 Å². The number of hydrogen-bond donors (Lipinski definition) is 1. The molecule has 20 heavy (non-hydrogen) atoms. The molecule has 0 aromatic heterocycles.